The minimum Gasteiger partial charge on any atom is -0.353 e. The fourth-order valence-corrected chi connectivity index (χ4v) is 1.14. The van der Waals surface area contributed by atoms with E-state index in [0.29, 0.717) is 6.54 Å². The van der Waals surface area contributed by atoms with E-state index in [1.165, 1.54) is 0 Å². The molecule has 7 nitrogen and oxygen atoms in total. The number of carbonyl (C=O) groups is 3. The molecule has 0 aliphatic rings. The lowest BCUT2D eigenvalue weighted by Crippen LogP contribution is -2.50. The molecule has 0 fully saturated rings. The number of nitrogens with one attached hydrogen (secondary N) is 4. The van der Waals surface area contributed by atoms with Crippen LogP contribution in [-0.4, -0.2) is 43.0 Å². The van der Waals surface area contributed by atoms with Gasteiger partial charge in [0.15, 0.2) is 0 Å². The average molecular weight is 258 g/mol. The van der Waals surface area contributed by atoms with Crippen molar-refractivity contribution in [3.8, 4) is 0 Å². The summed E-state index contributed by atoms with van der Waals surface area (Å²) in [6.07, 6.45) is 0. The minimum atomic E-state index is -0.620. The van der Waals surface area contributed by atoms with E-state index in [9.17, 15) is 14.4 Å². The molecule has 0 saturated heterocycles. The second-order valence-electron chi connectivity index (χ2n) is 4.17. The summed E-state index contributed by atoms with van der Waals surface area (Å²) in [5.74, 6) is -0.666. The van der Waals surface area contributed by atoms with Gasteiger partial charge in [-0.2, -0.15) is 0 Å². The van der Waals surface area contributed by atoms with Gasteiger partial charge in [0.05, 0.1) is 12.6 Å². The Balaban J connectivity index is 3.94. The molecule has 1 atom stereocenters. The van der Waals surface area contributed by atoms with Gasteiger partial charge < -0.3 is 10.6 Å². The summed E-state index contributed by atoms with van der Waals surface area (Å²) in [5, 5.41) is 10.0. The third-order valence-corrected chi connectivity index (χ3v) is 1.99. The molecule has 0 spiro atoms. The molecule has 7 heteroatoms. The van der Waals surface area contributed by atoms with Crippen molar-refractivity contribution in [3.63, 3.8) is 0 Å². The lowest BCUT2D eigenvalue weighted by Gasteiger charge is -2.14. The van der Waals surface area contributed by atoms with Crippen LogP contribution in [0.3, 0.4) is 0 Å². The second kappa shape index (κ2) is 8.46. The molecule has 0 aromatic heterocycles. The Morgan fingerprint density at radius 1 is 1.11 bits per heavy atom. The van der Waals surface area contributed by atoms with Crippen molar-refractivity contribution in [3.05, 3.63) is 0 Å². The molecular formula is C11H22N4O3. The van der Waals surface area contributed by atoms with Crippen LogP contribution in [0, 0.1) is 0 Å². The molecular weight excluding hydrogens is 236 g/mol. The van der Waals surface area contributed by atoms with Crippen LogP contribution in [0.5, 0.6) is 0 Å². The van der Waals surface area contributed by atoms with Gasteiger partial charge >= 0.3 is 6.03 Å². The van der Waals surface area contributed by atoms with Gasteiger partial charge in [0.2, 0.25) is 11.8 Å². The predicted molar refractivity (Wildman–Crippen MR) is 68.0 cm³/mol. The van der Waals surface area contributed by atoms with E-state index in [0.717, 1.165) is 0 Å². The highest BCUT2D eigenvalue weighted by Gasteiger charge is 2.15. The van der Waals surface area contributed by atoms with Crippen LogP contribution in [0.4, 0.5) is 4.79 Å². The number of urea groups is 1. The highest BCUT2D eigenvalue weighted by molar-refractivity contribution is 5.97. The van der Waals surface area contributed by atoms with Crippen molar-refractivity contribution in [2.75, 3.05) is 13.1 Å². The Bertz CT molecular complexity index is 305. The van der Waals surface area contributed by atoms with Gasteiger partial charge in [-0.25, -0.2) is 4.79 Å². The molecule has 1 unspecified atom stereocenters. The summed E-state index contributed by atoms with van der Waals surface area (Å²) in [4.78, 5) is 33.9. The Morgan fingerprint density at radius 3 is 2.22 bits per heavy atom. The first-order valence-corrected chi connectivity index (χ1v) is 5.98. The molecule has 0 aromatic carbocycles. The normalized spacial score (nSPS) is 11.8. The zero-order valence-corrected chi connectivity index (χ0v) is 11.3. The molecule has 0 aromatic rings. The number of carbonyl (C=O) groups excluding carboxylic acids is 3. The smallest absolute Gasteiger partial charge is 0.321 e. The Hall–Kier alpha value is -1.63. The summed E-state index contributed by atoms with van der Waals surface area (Å²) in [6.45, 7) is 7.51. The first-order valence-electron chi connectivity index (χ1n) is 5.98. The van der Waals surface area contributed by atoms with Crippen LogP contribution >= 0.6 is 0 Å². The molecule has 104 valence electrons. The zero-order valence-electron chi connectivity index (χ0n) is 11.3. The lowest BCUT2D eigenvalue weighted by molar-refractivity contribution is -0.122. The topological polar surface area (TPSA) is 99.3 Å². The van der Waals surface area contributed by atoms with Crippen molar-refractivity contribution in [1.82, 2.24) is 21.3 Å². The molecule has 0 saturated carbocycles. The molecule has 4 amide bonds. The molecule has 18 heavy (non-hydrogen) atoms. The lowest BCUT2D eigenvalue weighted by atomic mass is 10.3. The van der Waals surface area contributed by atoms with Gasteiger partial charge in [0.1, 0.15) is 0 Å². The maximum absolute atomic E-state index is 11.5. The highest BCUT2D eigenvalue weighted by atomic mass is 16.2. The van der Waals surface area contributed by atoms with E-state index in [2.05, 4.69) is 21.3 Å². The first-order chi connectivity index (χ1) is 8.36. The van der Waals surface area contributed by atoms with E-state index >= 15 is 0 Å². The first kappa shape index (κ1) is 16.4. The number of hydrogen-bond acceptors (Lipinski definition) is 4. The van der Waals surface area contributed by atoms with Gasteiger partial charge in [-0.05, 0) is 27.7 Å². The van der Waals surface area contributed by atoms with Gasteiger partial charge in [-0.15, -0.1) is 0 Å². The molecule has 0 heterocycles. The third-order valence-electron chi connectivity index (χ3n) is 1.99. The standard InChI is InChI=1S/C11H22N4O3/c1-5-12-11(18)15-10(17)8(4)13-6-9(16)14-7(2)3/h7-8,13H,5-6H2,1-4H3,(H,14,16)(H2,12,15,17,18). The summed E-state index contributed by atoms with van der Waals surface area (Å²) >= 11 is 0. The predicted octanol–water partition coefficient (Wildman–Crippen LogP) is -0.665. The van der Waals surface area contributed by atoms with Crippen LogP contribution in [0.1, 0.15) is 27.7 Å². The molecule has 4 N–H and O–H groups in total. The van der Waals surface area contributed by atoms with Crippen LogP contribution in [-0.2, 0) is 9.59 Å². The van der Waals surface area contributed by atoms with Crippen molar-refractivity contribution in [1.29, 1.82) is 0 Å². The average Bonchev–Trinajstić information content (AvgIpc) is 2.25. The van der Waals surface area contributed by atoms with Crippen molar-refractivity contribution < 1.29 is 14.4 Å². The second-order valence-corrected chi connectivity index (χ2v) is 4.17. The monoisotopic (exact) mass is 258 g/mol. The number of hydrogen-bond donors (Lipinski definition) is 4. The Labute approximate surface area is 107 Å². The third kappa shape index (κ3) is 7.61. The fourth-order valence-electron chi connectivity index (χ4n) is 1.14. The van der Waals surface area contributed by atoms with Crippen LogP contribution < -0.4 is 21.3 Å². The van der Waals surface area contributed by atoms with E-state index in [4.69, 9.17) is 0 Å². The van der Waals surface area contributed by atoms with Crippen molar-refractivity contribution in [2.24, 2.45) is 0 Å². The van der Waals surface area contributed by atoms with Gasteiger partial charge in [0.25, 0.3) is 0 Å². The molecule has 0 aliphatic heterocycles. The van der Waals surface area contributed by atoms with Crippen LogP contribution in [0.2, 0.25) is 0 Å². The summed E-state index contributed by atoms with van der Waals surface area (Å²) < 4.78 is 0. The minimum absolute atomic E-state index is 0.0299. The van der Waals surface area contributed by atoms with E-state index in [-0.39, 0.29) is 18.5 Å². The number of rotatable bonds is 6. The molecule has 0 aliphatic carbocycles. The Kier molecular flexibility index (Phi) is 7.69. The summed E-state index contributed by atoms with van der Waals surface area (Å²) in [7, 11) is 0. The fraction of sp³-hybridized carbons (Fsp3) is 0.727. The quantitative estimate of drug-likeness (QED) is 0.508. The summed E-state index contributed by atoms with van der Waals surface area (Å²) in [6, 6.07) is -1.10. The molecule has 0 rings (SSSR count). The molecule has 0 radical (unpaired) electrons. The maximum Gasteiger partial charge on any atom is 0.321 e. The number of amides is 4. The molecule has 0 bridgehead atoms. The van der Waals surface area contributed by atoms with E-state index in [1.54, 1.807) is 13.8 Å². The maximum atomic E-state index is 11.5. The van der Waals surface area contributed by atoms with Gasteiger partial charge in [0, 0.05) is 12.6 Å². The van der Waals surface area contributed by atoms with E-state index < -0.39 is 18.0 Å². The van der Waals surface area contributed by atoms with Crippen molar-refractivity contribution >= 4 is 17.8 Å². The largest absolute Gasteiger partial charge is 0.353 e. The van der Waals surface area contributed by atoms with Gasteiger partial charge in [-0.3, -0.25) is 20.2 Å². The zero-order chi connectivity index (χ0) is 14.1. The Morgan fingerprint density at radius 2 is 1.72 bits per heavy atom. The van der Waals surface area contributed by atoms with Gasteiger partial charge in [-0.1, -0.05) is 0 Å². The van der Waals surface area contributed by atoms with E-state index in [1.807, 2.05) is 13.8 Å². The SMILES string of the molecule is CCNC(=O)NC(=O)C(C)NCC(=O)NC(C)C. The van der Waals surface area contributed by atoms with Crippen LogP contribution in [0.25, 0.3) is 0 Å². The summed E-state index contributed by atoms with van der Waals surface area (Å²) in [5.41, 5.74) is 0. The van der Waals surface area contributed by atoms with Crippen molar-refractivity contribution in [2.45, 2.75) is 39.8 Å². The highest BCUT2D eigenvalue weighted by Crippen LogP contribution is 1.83. The number of imide groups is 1. The van der Waals surface area contributed by atoms with Crippen LogP contribution in [0.15, 0.2) is 0 Å².